The van der Waals surface area contributed by atoms with Crippen LogP contribution in [0, 0.1) is 28.6 Å². The van der Waals surface area contributed by atoms with E-state index < -0.39 is 0 Å². The second kappa shape index (κ2) is 4.27. The van der Waals surface area contributed by atoms with E-state index in [1.54, 1.807) is 36.3 Å². The first-order valence-electron chi connectivity index (χ1n) is 7.63. The molecule has 0 amide bonds. The average Bonchev–Trinajstić information content (AvgIpc) is 2.65. The van der Waals surface area contributed by atoms with Crippen molar-refractivity contribution >= 4 is 15.0 Å². The molecule has 2 spiro atoms. The van der Waals surface area contributed by atoms with Crippen LogP contribution in [-0.4, -0.2) is 15.0 Å². The molecule has 3 aliphatic rings. The van der Waals surface area contributed by atoms with Gasteiger partial charge in [-0.05, 0) is 0 Å². The third-order valence-electron chi connectivity index (χ3n) is 5.96. The van der Waals surface area contributed by atoms with Gasteiger partial charge in [-0.25, -0.2) is 0 Å². The fraction of sp³-hybridized carbons (Fsp3) is 1.00. The van der Waals surface area contributed by atoms with Crippen LogP contribution in [0.2, 0.25) is 10.6 Å². The first kappa shape index (κ1) is 12.5. The zero-order valence-electron chi connectivity index (χ0n) is 11.8. The maximum absolute atomic E-state index is 2.50. The molecule has 2 aliphatic carbocycles. The SMILES string of the molecule is CC(C)[C@@H]1CC[C@@H](C)CC12CC1(CC[Se]C1)C2. The molecule has 1 heterocycles. The first-order valence-corrected chi connectivity index (χ1v) is 10.1. The predicted octanol–water partition coefficient (Wildman–Crippen LogP) is 4.79. The number of hydrogen-bond acceptors (Lipinski definition) is 0. The quantitative estimate of drug-likeness (QED) is 0.611. The van der Waals surface area contributed by atoms with Gasteiger partial charge in [-0.3, -0.25) is 0 Å². The molecule has 98 valence electrons. The van der Waals surface area contributed by atoms with E-state index in [2.05, 4.69) is 20.8 Å². The minimum atomic E-state index is 0.798. The average molecular weight is 299 g/mol. The molecule has 0 aromatic heterocycles. The van der Waals surface area contributed by atoms with Gasteiger partial charge in [0, 0.05) is 0 Å². The molecule has 17 heavy (non-hydrogen) atoms. The summed E-state index contributed by atoms with van der Waals surface area (Å²) in [6.45, 7) is 7.46. The van der Waals surface area contributed by atoms with Crippen molar-refractivity contribution < 1.29 is 0 Å². The van der Waals surface area contributed by atoms with Gasteiger partial charge < -0.3 is 0 Å². The fourth-order valence-electron chi connectivity index (χ4n) is 5.53. The second-order valence-corrected chi connectivity index (χ2v) is 10.1. The summed E-state index contributed by atoms with van der Waals surface area (Å²) >= 11 is 1.01. The Labute approximate surface area is 113 Å². The normalized spacial score (nSPS) is 50.1. The van der Waals surface area contributed by atoms with Crippen LogP contribution >= 0.6 is 0 Å². The topological polar surface area (TPSA) is 0 Å². The van der Waals surface area contributed by atoms with E-state index in [-0.39, 0.29) is 0 Å². The third kappa shape index (κ3) is 2.02. The van der Waals surface area contributed by atoms with Gasteiger partial charge in [0.05, 0.1) is 0 Å². The molecule has 0 unspecified atom stereocenters. The van der Waals surface area contributed by atoms with Gasteiger partial charge in [-0.2, -0.15) is 0 Å². The van der Waals surface area contributed by atoms with Crippen molar-refractivity contribution in [3.63, 3.8) is 0 Å². The zero-order chi connectivity index (χ0) is 12.1. The van der Waals surface area contributed by atoms with Crippen molar-refractivity contribution in [1.82, 2.24) is 0 Å². The summed E-state index contributed by atoms with van der Waals surface area (Å²) in [4.78, 5) is 0. The molecule has 0 N–H and O–H groups in total. The molecule has 3 fully saturated rings. The molecule has 0 aromatic rings. The van der Waals surface area contributed by atoms with E-state index in [9.17, 15) is 0 Å². The van der Waals surface area contributed by atoms with Crippen molar-refractivity contribution in [2.24, 2.45) is 28.6 Å². The third-order valence-corrected chi connectivity index (χ3v) is 8.70. The molecule has 0 aromatic carbocycles. The zero-order valence-corrected chi connectivity index (χ0v) is 13.5. The summed E-state index contributed by atoms with van der Waals surface area (Å²) in [5, 5.41) is 3.21. The van der Waals surface area contributed by atoms with Crippen LogP contribution < -0.4 is 0 Å². The van der Waals surface area contributed by atoms with E-state index in [1.165, 1.54) is 12.8 Å². The molecule has 0 nitrogen and oxygen atoms in total. The van der Waals surface area contributed by atoms with Crippen LogP contribution in [-0.2, 0) is 0 Å². The van der Waals surface area contributed by atoms with Crippen LogP contribution in [0.25, 0.3) is 0 Å². The van der Waals surface area contributed by atoms with Crippen LogP contribution in [0.3, 0.4) is 0 Å². The van der Waals surface area contributed by atoms with Crippen LogP contribution in [0.1, 0.15) is 59.3 Å². The van der Waals surface area contributed by atoms with Gasteiger partial charge in [0.2, 0.25) is 0 Å². The second-order valence-electron chi connectivity index (χ2n) is 7.76. The van der Waals surface area contributed by atoms with Crippen molar-refractivity contribution in [2.75, 3.05) is 0 Å². The Bertz CT molecular complexity index is 280. The summed E-state index contributed by atoms with van der Waals surface area (Å²) in [7, 11) is 0. The summed E-state index contributed by atoms with van der Waals surface area (Å²) in [5.74, 6) is 2.98. The van der Waals surface area contributed by atoms with Gasteiger partial charge in [0.25, 0.3) is 0 Å². The molecule has 1 saturated heterocycles. The summed E-state index contributed by atoms with van der Waals surface area (Å²) < 4.78 is 0. The number of rotatable bonds is 1. The fourth-order valence-corrected chi connectivity index (χ4v) is 8.69. The van der Waals surface area contributed by atoms with E-state index in [0.29, 0.717) is 0 Å². The Balaban J connectivity index is 1.75. The van der Waals surface area contributed by atoms with E-state index in [0.717, 1.165) is 43.5 Å². The molecule has 0 radical (unpaired) electrons. The predicted molar refractivity (Wildman–Crippen MR) is 75.4 cm³/mol. The van der Waals surface area contributed by atoms with E-state index in [1.807, 2.05) is 0 Å². The first-order chi connectivity index (χ1) is 8.05. The monoisotopic (exact) mass is 300 g/mol. The molecular weight excluding hydrogens is 271 g/mol. The van der Waals surface area contributed by atoms with Crippen LogP contribution in [0.5, 0.6) is 0 Å². The van der Waals surface area contributed by atoms with E-state index >= 15 is 0 Å². The van der Waals surface area contributed by atoms with Crippen LogP contribution in [0.15, 0.2) is 0 Å². The Kier molecular flexibility index (Phi) is 3.15. The molecule has 1 heteroatoms. The molecule has 1 aliphatic heterocycles. The van der Waals surface area contributed by atoms with Crippen LogP contribution in [0.4, 0.5) is 0 Å². The molecule has 0 bridgehead atoms. The van der Waals surface area contributed by atoms with Gasteiger partial charge in [-0.1, -0.05) is 0 Å². The Morgan fingerprint density at radius 3 is 2.53 bits per heavy atom. The summed E-state index contributed by atoms with van der Waals surface area (Å²) in [6.07, 6.45) is 9.42. The van der Waals surface area contributed by atoms with Gasteiger partial charge in [0.15, 0.2) is 0 Å². The maximum atomic E-state index is 2.50. The molecule has 2 atom stereocenters. The molecule has 2 saturated carbocycles. The Morgan fingerprint density at radius 2 is 1.94 bits per heavy atom. The van der Waals surface area contributed by atoms with Crippen molar-refractivity contribution in [1.29, 1.82) is 0 Å². The van der Waals surface area contributed by atoms with Crippen molar-refractivity contribution in [2.45, 2.75) is 69.9 Å². The van der Waals surface area contributed by atoms with Gasteiger partial charge >= 0.3 is 113 Å². The Hall–Kier alpha value is 0.519. The standard InChI is InChI=1S/C16H28Se/c1-12(2)14-5-4-13(3)8-16(14)9-15(10-16)6-7-17-11-15/h12-14H,4-11H2,1-3H3/t13-,14+,15?,16?/m1/s1. The van der Waals surface area contributed by atoms with Crippen molar-refractivity contribution in [3.8, 4) is 0 Å². The van der Waals surface area contributed by atoms with Gasteiger partial charge in [-0.15, -0.1) is 0 Å². The minimum absolute atomic E-state index is 0.798. The van der Waals surface area contributed by atoms with Crippen molar-refractivity contribution in [3.05, 3.63) is 0 Å². The summed E-state index contributed by atoms with van der Waals surface area (Å²) in [5.41, 5.74) is 1.66. The Morgan fingerprint density at radius 1 is 1.18 bits per heavy atom. The molecule has 3 rings (SSSR count). The number of hydrogen-bond donors (Lipinski definition) is 0. The van der Waals surface area contributed by atoms with Gasteiger partial charge in [0.1, 0.15) is 0 Å². The van der Waals surface area contributed by atoms with E-state index in [4.69, 9.17) is 0 Å². The summed E-state index contributed by atoms with van der Waals surface area (Å²) in [6, 6.07) is 0. The molecular formula is C16H28Se.